The first-order chi connectivity index (χ1) is 10.9. The van der Waals surface area contributed by atoms with Gasteiger partial charge in [0.05, 0.1) is 25.2 Å². The highest BCUT2D eigenvalue weighted by atomic mass is 19.4. The third kappa shape index (κ3) is 5.48. The molecule has 0 spiro atoms. The second kappa shape index (κ2) is 8.13. The first kappa shape index (κ1) is 18.2. The number of likely N-dealkylation sites (N-methyl/N-ethyl adjacent to an activating group) is 1. The van der Waals surface area contributed by atoms with Gasteiger partial charge in [-0.2, -0.15) is 13.2 Å². The van der Waals surface area contributed by atoms with Crippen molar-refractivity contribution in [3.63, 3.8) is 0 Å². The summed E-state index contributed by atoms with van der Waals surface area (Å²) in [7, 11) is 1.67. The summed E-state index contributed by atoms with van der Waals surface area (Å²) >= 11 is 0. The van der Waals surface area contributed by atoms with Crippen LogP contribution in [0.3, 0.4) is 0 Å². The van der Waals surface area contributed by atoms with Gasteiger partial charge < -0.3 is 14.7 Å². The molecule has 1 aromatic rings. The summed E-state index contributed by atoms with van der Waals surface area (Å²) in [5.41, 5.74) is 1.04. The molecule has 0 saturated heterocycles. The van der Waals surface area contributed by atoms with Gasteiger partial charge in [0.2, 0.25) is 0 Å². The van der Waals surface area contributed by atoms with Crippen LogP contribution in [0.1, 0.15) is 24.8 Å². The summed E-state index contributed by atoms with van der Waals surface area (Å²) < 4.78 is 45.0. The second-order valence-corrected chi connectivity index (χ2v) is 6.20. The molecule has 1 saturated carbocycles. The van der Waals surface area contributed by atoms with E-state index in [4.69, 9.17) is 4.74 Å². The molecule has 0 aliphatic heterocycles. The fourth-order valence-corrected chi connectivity index (χ4v) is 3.13. The first-order valence-corrected chi connectivity index (χ1v) is 7.94. The SMILES string of the molecule is CN(CCOCc1ccccc1)C1CC(O)CCC1C(F)(F)F. The van der Waals surface area contributed by atoms with E-state index < -0.39 is 24.2 Å². The molecule has 3 unspecified atom stereocenters. The van der Waals surface area contributed by atoms with Crippen LogP contribution in [-0.4, -0.2) is 48.5 Å². The van der Waals surface area contributed by atoms with Gasteiger partial charge in [-0.1, -0.05) is 30.3 Å². The van der Waals surface area contributed by atoms with Gasteiger partial charge in [-0.05, 0) is 31.9 Å². The number of benzene rings is 1. The summed E-state index contributed by atoms with van der Waals surface area (Å²) in [6.07, 6.45) is -4.49. The lowest BCUT2D eigenvalue weighted by Crippen LogP contribution is -2.50. The Labute approximate surface area is 135 Å². The van der Waals surface area contributed by atoms with E-state index in [0.29, 0.717) is 19.8 Å². The molecule has 1 fully saturated rings. The number of aliphatic hydroxyl groups excluding tert-OH is 1. The topological polar surface area (TPSA) is 32.7 Å². The molecule has 3 nitrogen and oxygen atoms in total. The highest BCUT2D eigenvalue weighted by molar-refractivity contribution is 5.13. The predicted octanol–water partition coefficient (Wildman–Crippen LogP) is 3.23. The zero-order chi connectivity index (χ0) is 16.9. The molecule has 0 heterocycles. The van der Waals surface area contributed by atoms with Crippen LogP contribution in [-0.2, 0) is 11.3 Å². The molecular formula is C17H24F3NO2. The van der Waals surface area contributed by atoms with Crippen molar-refractivity contribution in [1.82, 2.24) is 4.90 Å². The lowest BCUT2D eigenvalue weighted by Gasteiger charge is -2.40. The quantitative estimate of drug-likeness (QED) is 0.813. The predicted molar refractivity (Wildman–Crippen MR) is 81.9 cm³/mol. The van der Waals surface area contributed by atoms with Crippen LogP contribution in [0, 0.1) is 5.92 Å². The molecule has 3 atom stereocenters. The Bertz CT molecular complexity index is 467. The average molecular weight is 331 g/mol. The van der Waals surface area contributed by atoms with E-state index in [1.54, 1.807) is 11.9 Å². The lowest BCUT2D eigenvalue weighted by atomic mass is 9.81. The van der Waals surface area contributed by atoms with Gasteiger partial charge in [0.1, 0.15) is 0 Å². The number of ether oxygens (including phenoxy) is 1. The molecule has 23 heavy (non-hydrogen) atoms. The van der Waals surface area contributed by atoms with E-state index in [-0.39, 0.29) is 19.3 Å². The van der Waals surface area contributed by atoms with Crippen molar-refractivity contribution in [3.05, 3.63) is 35.9 Å². The summed E-state index contributed by atoms with van der Waals surface area (Å²) in [6.45, 7) is 1.23. The molecule has 0 amide bonds. The van der Waals surface area contributed by atoms with Gasteiger partial charge in [0.25, 0.3) is 0 Å². The number of aliphatic hydroxyl groups is 1. The normalized spacial score (nSPS) is 25.7. The zero-order valence-electron chi connectivity index (χ0n) is 13.3. The number of halogens is 3. The fraction of sp³-hybridized carbons (Fsp3) is 0.647. The van der Waals surface area contributed by atoms with E-state index in [1.807, 2.05) is 30.3 Å². The van der Waals surface area contributed by atoms with Crippen LogP contribution in [0.2, 0.25) is 0 Å². The molecule has 0 aromatic heterocycles. The van der Waals surface area contributed by atoms with Crippen molar-refractivity contribution in [1.29, 1.82) is 0 Å². The molecule has 1 N–H and O–H groups in total. The zero-order valence-corrected chi connectivity index (χ0v) is 13.3. The number of hydrogen-bond donors (Lipinski definition) is 1. The summed E-state index contributed by atoms with van der Waals surface area (Å²) in [5, 5.41) is 9.71. The van der Waals surface area contributed by atoms with Crippen LogP contribution in [0.25, 0.3) is 0 Å². The summed E-state index contributed by atoms with van der Waals surface area (Å²) in [5.74, 6) is -1.37. The Hall–Kier alpha value is -1.11. The maximum atomic E-state index is 13.1. The second-order valence-electron chi connectivity index (χ2n) is 6.20. The highest BCUT2D eigenvalue weighted by Crippen LogP contribution is 2.39. The monoisotopic (exact) mass is 331 g/mol. The van der Waals surface area contributed by atoms with E-state index in [2.05, 4.69) is 0 Å². The maximum Gasteiger partial charge on any atom is 0.393 e. The van der Waals surface area contributed by atoms with Gasteiger partial charge in [-0.25, -0.2) is 0 Å². The number of alkyl halides is 3. The third-order valence-electron chi connectivity index (χ3n) is 4.48. The van der Waals surface area contributed by atoms with Crippen LogP contribution < -0.4 is 0 Å². The van der Waals surface area contributed by atoms with E-state index in [1.165, 1.54) is 0 Å². The third-order valence-corrected chi connectivity index (χ3v) is 4.48. The molecule has 1 aliphatic rings. The molecule has 1 aromatic carbocycles. The Morgan fingerprint density at radius 3 is 2.57 bits per heavy atom. The Morgan fingerprint density at radius 1 is 1.22 bits per heavy atom. The molecule has 1 aliphatic carbocycles. The minimum absolute atomic E-state index is 0.00938. The van der Waals surface area contributed by atoms with Crippen molar-refractivity contribution in [2.75, 3.05) is 20.2 Å². The standard InChI is InChI=1S/C17H24F3NO2/c1-21(9-10-23-12-13-5-3-2-4-6-13)16-11-14(22)7-8-15(16)17(18,19)20/h2-6,14-16,22H,7-12H2,1H3. The van der Waals surface area contributed by atoms with Crippen molar-refractivity contribution >= 4 is 0 Å². The van der Waals surface area contributed by atoms with Gasteiger partial charge in [-0.15, -0.1) is 0 Å². The molecule has 0 radical (unpaired) electrons. The summed E-state index contributed by atoms with van der Waals surface area (Å²) in [4.78, 5) is 1.67. The minimum atomic E-state index is -4.22. The van der Waals surface area contributed by atoms with Gasteiger partial charge in [-0.3, -0.25) is 0 Å². The molecule has 6 heteroatoms. The lowest BCUT2D eigenvalue weighted by molar-refractivity contribution is -0.204. The van der Waals surface area contributed by atoms with Crippen LogP contribution in [0.4, 0.5) is 13.2 Å². The van der Waals surface area contributed by atoms with Gasteiger partial charge in [0.15, 0.2) is 0 Å². The van der Waals surface area contributed by atoms with E-state index in [9.17, 15) is 18.3 Å². The Kier molecular flexibility index (Phi) is 6.44. The number of nitrogens with zero attached hydrogens (tertiary/aromatic N) is 1. The van der Waals surface area contributed by atoms with Crippen molar-refractivity contribution in [2.24, 2.45) is 5.92 Å². The molecule has 0 bridgehead atoms. The largest absolute Gasteiger partial charge is 0.393 e. The van der Waals surface area contributed by atoms with Crippen LogP contribution in [0.5, 0.6) is 0 Å². The maximum absolute atomic E-state index is 13.1. The van der Waals surface area contributed by atoms with E-state index in [0.717, 1.165) is 5.56 Å². The average Bonchev–Trinajstić information content (AvgIpc) is 2.51. The minimum Gasteiger partial charge on any atom is -0.393 e. The molecule has 130 valence electrons. The number of rotatable bonds is 6. The van der Waals surface area contributed by atoms with Crippen LogP contribution >= 0.6 is 0 Å². The van der Waals surface area contributed by atoms with Crippen LogP contribution in [0.15, 0.2) is 30.3 Å². The molecule has 2 rings (SSSR count). The summed E-state index contributed by atoms with van der Waals surface area (Å²) in [6, 6.07) is 8.97. The highest BCUT2D eigenvalue weighted by Gasteiger charge is 2.48. The number of hydrogen-bond acceptors (Lipinski definition) is 3. The van der Waals surface area contributed by atoms with E-state index >= 15 is 0 Å². The van der Waals surface area contributed by atoms with Crippen molar-refractivity contribution in [2.45, 2.75) is 44.2 Å². The van der Waals surface area contributed by atoms with Crippen molar-refractivity contribution < 1.29 is 23.0 Å². The first-order valence-electron chi connectivity index (χ1n) is 7.94. The van der Waals surface area contributed by atoms with Gasteiger partial charge in [0, 0.05) is 12.6 Å². The van der Waals surface area contributed by atoms with Gasteiger partial charge >= 0.3 is 6.18 Å². The smallest absolute Gasteiger partial charge is 0.393 e. The molecular weight excluding hydrogens is 307 g/mol. The Balaban J connectivity index is 1.81. The van der Waals surface area contributed by atoms with Crippen molar-refractivity contribution in [3.8, 4) is 0 Å². The fourth-order valence-electron chi connectivity index (χ4n) is 3.13. The Morgan fingerprint density at radius 2 is 1.91 bits per heavy atom.